The minimum Gasteiger partial charge on any atom is -0.506 e. The molecule has 8 heavy (non-hydrogen) atoms. The van der Waals surface area contributed by atoms with Gasteiger partial charge in [0.25, 0.3) is 0 Å². The molecule has 6 heteroatoms. The zero-order valence-corrected chi connectivity index (χ0v) is 8.95. The minimum atomic E-state index is -3.67. The topological polar surface area (TPSA) is 0 Å². The molecule has 0 rings (SSSR count). The van der Waals surface area contributed by atoms with Gasteiger partial charge in [0, 0.05) is 0 Å². The third kappa shape index (κ3) is 119. The van der Waals surface area contributed by atoms with Crippen LogP contribution in [0.2, 0.25) is 0 Å². The van der Waals surface area contributed by atoms with Crippen LogP contribution in [0.1, 0.15) is 0 Å². The molecule has 0 heterocycles. The van der Waals surface area contributed by atoms with Crippen LogP contribution in [0.15, 0.2) is 4.99 Å². The summed E-state index contributed by atoms with van der Waals surface area (Å²) in [6.45, 7) is 4.64. The second-order valence-electron chi connectivity index (χ2n) is 0.373. The fourth-order valence-corrected chi connectivity index (χ4v) is 0. The van der Waals surface area contributed by atoms with Crippen LogP contribution in [0.3, 0.4) is 0 Å². The minimum absolute atomic E-state index is 0. The Kier molecular flexibility index (Phi) is 32.5. The largest absolute Gasteiger partial charge is 1.00 e. The molecule has 0 unspecified atom stereocenters. The van der Waals surface area contributed by atoms with Gasteiger partial charge in [-0.1, -0.05) is 0 Å². The van der Waals surface area contributed by atoms with Gasteiger partial charge in [-0.15, -0.1) is 15.9 Å². The van der Waals surface area contributed by atoms with E-state index in [0.717, 1.165) is 0 Å². The summed E-state index contributed by atoms with van der Waals surface area (Å²) in [5.41, 5.74) is 0. The summed E-state index contributed by atoms with van der Waals surface area (Å²) in [7, 11) is -3.67. The Balaban J connectivity index is -0.0000000575. The van der Waals surface area contributed by atoms with Gasteiger partial charge >= 0.3 is 58.9 Å². The van der Waals surface area contributed by atoms with Gasteiger partial charge in [-0.3, -0.25) is 12.9 Å². The van der Waals surface area contributed by atoms with Crippen LogP contribution < -0.4 is 51.4 Å². The van der Waals surface area contributed by atoms with Crippen molar-refractivity contribution in [3.8, 4) is 0 Å². The smallest absolute Gasteiger partial charge is 0.506 e. The maximum atomic E-state index is 9.67. The first-order valence-corrected chi connectivity index (χ1v) is 2.12. The van der Waals surface area contributed by atoms with Crippen LogP contribution in [-0.2, 0) is 0 Å². The van der Waals surface area contributed by atoms with Crippen molar-refractivity contribution in [3.63, 3.8) is 0 Å². The zero-order chi connectivity index (χ0) is 6.28. The molecule has 42 valence electrons. The molecule has 0 aromatic heterocycles. The molecule has 0 saturated heterocycles. The first kappa shape index (κ1) is 16.4. The van der Waals surface area contributed by atoms with Gasteiger partial charge in [-0.2, -0.15) is 0 Å². The van der Waals surface area contributed by atoms with Gasteiger partial charge in [0.15, 0.2) is 0 Å². The summed E-state index contributed by atoms with van der Waals surface area (Å²) in [6, 6.07) is 0. The predicted octanol–water partition coefficient (Wildman–Crippen LogP) is -0.788. The average molecular weight is 213 g/mol. The molecule has 0 aliphatic carbocycles. The van der Waals surface area contributed by atoms with Crippen molar-refractivity contribution >= 4 is 23.5 Å². The Morgan fingerprint density at radius 3 is 1.38 bits per heavy atom. The van der Waals surface area contributed by atoms with E-state index in [9.17, 15) is 12.9 Å². The van der Waals surface area contributed by atoms with Crippen LogP contribution in [0.5, 0.6) is 0 Å². The molecule has 0 aliphatic rings. The second-order valence-corrected chi connectivity index (χ2v) is 0.902. The van der Waals surface area contributed by atoms with E-state index in [1.54, 1.807) is 0 Å². The molecule has 0 radical (unpaired) electrons. The molecule has 0 spiro atoms. The van der Waals surface area contributed by atoms with Crippen LogP contribution >= 0.6 is 15.9 Å². The fraction of sp³-hybridized carbons (Fsp3) is 0. The standard InChI is InChI=1S/C2H2Br.BF3.K/c1-2-3;2-1(3)4;/h1-2H;;/q-1;;+1. The third-order valence-corrected chi connectivity index (χ3v) is 0. The Hall–Kier alpha value is 1.71. The SMILES string of the molecule is FB(F)F.[CH-]=CBr.[K+]. The second kappa shape index (κ2) is 15.9. The number of hydrogen-bond acceptors (Lipinski definition) is 0. The van der Waals surface area contributed by atoms with Crippen molar-refractivity contribution in [1.82, 2.24) is 0 Å². The van der Waals surface area contributed by atoms with Crippen molar-refractivity contribution in [3.05, 3.63) is 11.6 Å². The van der Waals surface area contributed by atoms with Crippen molar-refractivity contribution in [2.45, 2.75) is 0 Å². The molecule has 0 aromatic rings. The van der Waals surface area contributed by atoms with Crippen molar-refractivity contribution < 1.29 is 64.3 Å². The summed E-state index contributed by atoms with van der Waals surface area (Å²) in [6.07, 6.45) is 0. The van der Waals surface area contributed by atoms with Gasteiger partial charge < -0.3 is 6.58 Å². The summed E-state index contributed by atoms with van der Waals surface area (Å²) in [5.74, 6) is 0. The van der Waals surface area contributed by atoms with E-state index in [1.165, 1.54) is 4.99 Å². The van der Waals surface area contributed by atoms with Gasteiger partial charge in [0.2, 0.25) is 0 Å². The van der Waals surface area contributed by atoms with E-state index in [1.807, 2.05) is 0 Å². The first-order valence-electron chi connectivity index (χ1n) is 1.21. The number of hydrogen-bond donors (Lipinski definition) is 0. The summed E-state index contributed by atoms with van der Waals surface area (Å²) in [5, 5.41) is 0. The summed E-state index contributed by atoms with van der Waals surface area (Å²) >= 11 is 2.80. The van der Waals surface area contributed by atoms with E-state index in [2.05, 4.69) is 22.5 Å². The van der Waals surface area contributed by atoms with E-state index in [0.29, 0.717) is 0 Å². The van der Waals surface area contributed by atoms with Gasteiger partial charge in [0.05, 0.1) is 0 Å². The van der Waals surface area contributed by atoms with Gasteiger partial charge in [-0.05, 0) is 0 Å². The van der Waals surface area contributed by atoms with Crippen molar-refractivity contribution in [2.75, 3.05) is 0 Å². The monoisotopic (exact) mass is 212 g/mol. The molecule has 0 N–H and O–H groups in total. The number of rotatable bonds is 0. The van der Waals surface area contributed by atoms with Gasteiger partial charge in [0.1, 0.15) is 0 Å². The molecular formula is C2H2BBrF3K. The van der Waals surface area contributed by atoms with Crippen LogP contribution in [0.25, 0.3) is 0 Å². The zero-order valence-electron chi connectivity index (χ0n) is 4.24. The Morgan fingerprint density at radius 2 is 1.38 bits per heavy atom. The van der Waals surface area contributed by atoms with Crippen molar-refractivity contribution in [2.24, 2.45) is 0 Å². The molecule has 0 amide bonds. The van der Waals surface area contributed by atoms with Crippen LogP contribution in [0.4, 0.5) is 12.9 Å². The Labute approximate surface area is 97.7 Å². The van der Waals surface area contributed by atoms with E-state index < -0.39 is 7.54 Å². The molecule has 0 nitrogen and oxygen atoms in total. The maximum Gasteiger partial charge on any atom is 1.00 e. The van der Waals surface area contributed by atoms with E-state index >= 15 is 0 Å². The molecule has 0 saturated carbocycles. The Bertz CT molecular complexity index is 41.5. The average Bonchev–Trinajstić information content (AvgIpc) is 1.33. The molecule has 0 atom stereocenters. The summed E-state index contributed by atoms with van der Waals surface area (Å²) < 4.78 is 29.0. The Morgan fingerprint density at radius 1 is 1.38 bits per heavy atom. The van der Waals surface area contributed by atoms with Crippen LogP contribution in [0, 0.1) is 6.58 Å². The molecule has 0 bridgehead atoms. The van der Waals surface area contributed by atoms with E-state index in [-0.39, 0.29) is 51.4 Å². The quantitative estimate of drug-likeness (QED) is 0.365. The molecule has 0 aromatic carbocycles. The van der Waals surface area contributed by atoms with Crippen molar-refractivity contribution in [1.29, 1.82) is 0 Å². The van der Waals surface area contributed by atoms with Crippen LogP contribution in [-0.4, -0.2) is 7.54 Å². The van der Waals surface area contributed by atoms with E-state index in [4.69, 9.17) is 0 Å². The normalized spacial score (nSPS) is 5.00. The summed E-state index contributed by atoms with van der Waals surface area (Å²) in [4.78, 5) is 1.31. The third-order valence-electron chi connectivity index (χ3n) is 0. The molecule has 0 aliphatic heterocycles. The predicted molar refractivity (Wildman–Crippen MR) is 26.9 cm³/mol. The maximum absolute atomic E-state index is 9.67. The first-order chi connectivity index (χ1) is 3.15. The van der Waals surface area contributed by atoms with Gasteiger partial charge in [-0.25, -0.2) is 4.99 Å². The fourth-order valence-electron chi connectivity index (χ4n) is 0. The number of halogens is 4. The molecular weight excluding hydrogens is 211 g/mol. The molecule has 0 fully saturated rings.